The van der Waals surface area contributed by atoms with Crippen LogP contribution in [0.5, 0.6) is 0 Å². The molecule has 2 saturated carbocycles. The van der Waals surface area contributed by atoms with Crippen molar-refractivity contribution in [2.75, 3.05) is 14.1 Å². The second kappa shape index (κ2) is 12.8. The summed E-state index contributed by atoms with van der Waals surface area (Å²) in [4.78, 5) is 33.5. The maximum absolute atomic E-state index is 13.4. The van der Waals surface area contributed by atoms with Crippen LogP contribution < -0.4 is 0 Å². The first-order chi connectivity index (χ1) is 18.5. The van der Waals surface area contributed by atoms with Crippen molar-refractivity contribution in [1.29, 1.82) is 0 Å². The van der Waals surface area contributed by atoms with Gasteiger partial charge in [0.2, 0.25) is 0 Å². The summed E-state index contributed by atoms with van der Waals surface area (Å²) in [6.07, 6.45) is 0.0596. The number of aliphatic hydroxyl groups is 4. The summed E-state index contributed by atoms with van der Waals surface area (Å²) in [5.74, 6) is -2.33. The SMILES string of the molecule is C/C(=C\c1csc(CN(C)C)n1)C1CC2C(O)C2(C)CCCC(C)C(O)C(C)C(=O)C(C)(C)C(O)CC(=O)C1O. The van der Waals surface area contributed by atoms with E-state index in [0.29, 0.717) is 12.8 Å². The second-order valence-corrected chi connectivity index (χ2v) is 14.5. The average molecular weight is 579 g/mol. The molecule has 2 aliphatic carbocycles. The van der Waals surface area contributed by atoms with Gasteiger partial charge in [0.05, 0.1) is 29.4 Å². The highest BCUT2D eigenvalue weighted by Crippen LogP contribution is 2.59. The number of hydrogen-bond acceptors (Lipinski definition) is 9. The van der Waals surface area contributed by atoms with Crippen LogP contribution in [0.25, 0.3) is 6.08 Å². The van der Waals surface area contributed by atoms with Crippen molar-refractivity contribution in [2.45, 2.75) is 105 Å². The largest absolute Gasteiger partial charge is 0.392 e. The van der Waals surface area contributed by atoms with Gasteiger partial charge in [-0.1, -0.05) is 46.6 Å². The molecule has 1 heterocycles. The first-order valence-corrected chi connectivity index (χ1v) is 15.4. The molecule has 2 aliphatic rings. The smallest absolute Gasteiger partial charge is 0.164 e. The molecule has 9 atom stereocenters. The van der Waals surface area contributed by atoms with E-state index in [1.54, 1.807) is 32.1 Å². The van der Waals surface area contributed by atoms with Crippen molar-refractivity contribution in [3.8, 4) is 0 Å². The summed E-state index contributed by atoms with van der Waals surface area (Å²) < 4.78 is 0. The second-order valence-electron chi connectivity index (χ2n) is 13.6. The predicted molar refractivity (Wildman–Crippen MR) is 157 cm³/mol. The van der Waals surface area contributed by atoms with Gasteiger partial charge in [-0.05, 0) is 63.6 Å². The lowest BCUT2D eigenvalue weighted by atomic mass is 9.71. The van der Waals surface area contributed by atoms with E-state index in [-0.39, 0.29) is 29.5 Å². The maximum Gasteiger partial charge on any atom is 0.164 e. The number of rotatable bonds is 4. The highest BCUT2D eigenvalue weighted by molar-refractivity contribution is 7.09. The molecule has 1 aromatic heterocycles. The van der Waals surface area contributed by atoms with Crippen LogP contribution in [-0.2, 0) is 16.1 Å². The minimum atomic E-state index is -1.40. The Balaban J connectivity index is 1.94. The van der Waals surface area contributed by atoms with Crippen molar-refractivity contribution < 1.29 is 30.0 Å². The van der Waals surface area contributed by atoms with E-state index in [0.717, 1.165) is 35.7 Å². The summed E-state index contributed by atoms with van der Waals surface area (Å²) in [7, 11) is 3.96. The predicted octanol–water partition coefficient (Wildman–Crippen LogP) is 3.70. The van der Waals surface area contributed by atoms with Crippen molar-refractivity contribution in [1.82, 2.24) is 9.88 Å². The zero-order chi connectivity index (χ0) is 30.2. The van der Waals surface area contributed by atoms with Crippen LogP contribution in [0.4, 0.5) is 0 Å². The van der Waals surface area contributed by atoms with Crippen molar-refractivity contribution >= 4 is 29.0 Å². The molecule has 3 rings (SSSR count). The summed E-state index contributed by atoms with van der Waals surface area (Å²) >= 11 is 1.55. The Bertz CT molecular complexity index is 1080. The number of Topliss-reactive ketones (excluding diaryl/α,β-unsaturated/α-hetero) is 2. The van der Waals surface area contributed by atoms with Gasteiger partial charge in [-0.15, -0.1) is 11.3 Å². The van der Waals surface area contributed by atoms with Gasteiger partial charge in [0.15, 0.2) is 5.78 Å². The average Bonchev–Trinajstić information content (AvgIpc) is 3.15. The lowest BCUT2D eigenvalue weighted by Gasteiger charge is -2.35. The molecule has 0 saturated heterocycles. The minimum absolute atomic E-state index is 0.0852. The Morgan fingerprint density at radius 1 is 1.15 bits per heavy atom. The molecule has 40 heavy (non-hydrogen) atoms. The molecule has 0 aromatic carbocycles. The zero-order valence-corrected chi connectivity index (χ0v) is 26.2. The van der Waals surface area contributed by atoms with E-state index < -0.39 is 47.4 Å². The summed E-state index contributed by atoms with van der Waals surface area (Å²) in [6, 6.07) is 0. The molecule has 0 bridgehead atoms. The minimum Gasteiger partial charge on any atom is -0.392 e. The first kappa shape index (κ1) is 33.0. The zero-order valence-electron chi connectivity index (χ0n) is 25.4. The van der Waals surface area contributed by atoms with E-state index >= 15 is 0 Å². The van der Waals surface area contributed by atoms with E-state index in [1.165, 1.54) is 0 Å². The van der Waals surface area contributed by atoms with Crippen LogP contribution in [0.2, 0.25) is 0 Å². The summed E-state index contributed by atoms with van der Waals surface area (Å²) in [5, 5.41) is 47.2. The normalized spacial score (nSPS) is 38.4. The van der Waals surface area contributed by atoms with Crippen molar-refractivity contribution in [3.63, 3.8) is 0 Å². The third kappa shape index (κ3) is 7.10. The van der Waals surface area contributed by atoms with Crippen LogP contribution in [0.15, 0.2) is 11.0 Å². The molecule has 2 fully saturated rings. The molecular formula is C31H50N2O6S. The number of carbonyl (C=O) groups is 2. The third-order valence-electron chi connectivity index (χ3n) is 9.74. The molecule has 0 amide bonds. The molecule has 9 unspecified atom stereocenters. The standard InChI is InChI=1S/C31H50N2O6S/c1-17-10-9-11-31(6)22(29(31)39)13-21(18(2)12-20-16-40-25(32-20)15-33(7)8)27(37)23(34)14-24(35)30(4,5)28(38)19(3)26(17)36/h12,16-17,19,21-22,24,26-27,29,35-37,39H,9-11,13-15H2,1-8H3/b18-12+. The number of thiazole rings is 1. The van der Waals surface area contributed by atoms with Gasteiger partial charge in [0.1, 0.15) is 16.9 Å². The number of fused-ring (bicyclic) bond motifs is 1. The third-order valence-corrected chi connectivity index (χ3v) is 10.6. The number of aromatic nitrogens is 1. The quantitative estimate of drug-likeness (QED) is 0.425. The lowest BCUT2D eigenvalue weighted by molar-refractivity contribution is -0.144. The van der Waals surface area contributed by atoms with E-state index in [9.17, 15) is 30.0 Å². The Morgan fingerprint density at radius 2 is 1.80 bits per heavy atom. The molecule has 9 heteroatoms. The summed E-state index contributed by atoms with van der Waals surface area (Å²) in [5.41, 5.74) is -0.0634. The molecule has 0 aliphatic heterocycles. The molecule has 226 valence electrons. The fourth-order valence-electron chi connectivity index (χ4n) is 6.44. The molecule has 4 N–H and O–H groups in total. The molecule has 1 aromatic rings. The van der Waals surface area contributed by atoms with Crippen LogP contribution in [0, 0.1) is 34.5 Å². The van der Waals surface area contributed by atoms with E-state index in [1.807, 2.05) is 51.2 Å². The molecule has 0 radical (unpaired) electrons. The topological polar surface area (TPSA) is 131 Å². The Hall–Kier alpha value is -1.49. The number of hydrogen-bond donors (Lipinski definition) is 4. The van der Waals surface area contributed by atoms with Gasteiger partial charge in [0, 0.05) is 30.2 Å². The number of aliphatic hydroxyl groups excluding tert-OH is 4. The van der Waals surface area contributed by atoms with E-state index in [2.05, 4.69) is 4.98 Å². The van der Waals surface area contributed by atoms with Crippen LogP contribution >= 0.6 is 11.3 Å². The highest BCUT2D eigenvalue weighted by atomic mass is 32.1. The first-order valence-electron chi connectivity index (χ1n) is 14.6. The molecule has 0 spiro atoms. The monoisotopic (exact) mass is 578 g/mol. The van der Waals surface area contributed by atoms with Crippen molar-refractivity contribution in [3.05, 3.63) is 21.7 Å². The lowest BCUT2D eigenvalue weighted by Crippen LogP contribution is -2.46. The highest BCUT2D eigenvalue weighted by Gasteiger charge is 2.60. The Morgan fingerprint density at radius 3 is 2.42 bits per heavy atom. The van der Waals surface area contributed by atoms with Gasteiger partial charge in [-0.2, -0.15) is 0 Å². The number of carbonyl (C=O) groups excluding carboxylic acids is 2. The van der Waals surface area contributed by atoms with Gasteiger partial charge < -0.3 is 25.3 Å². The van der Waals surface area contributed by atoms with Crippen molar-refractivity contribution in [2.24, 2.45) is 34.5 Å². The van der Waals surface area contributed by atoms with Gasteiger partial charge in [-0.25, -0.2) is 4.98 Å². The van der Waals surface area contributed by atoms with Gasteiger partial charge in [0.25, 0.3) is 0 Å². The number of ketones is 2. The maximum atomic E-state index is 13.4. The van der Waals surface area contributed by atoms with Crippen LogP contribution in [-0.4, -0.2) is 80.4 Å². The van der Waals surface area contributed by atoms with E-state index in [4.69, 9.17) is 0 Å². The molecule has 8 nitrogen and oxygen atoms in total. The van der Waals surface area contributed by atoms with Gasteiger partial charge >= 0.3 is 0 Å². The number of nitrogens with zero attached hydrogens (tertiary/aromatic N) is 2. The van der Waals surface area contributed by atoms with Crippen LogP contribution in [0.3, 0.4) is 0 Å². The summed E-state index contributed by atoms with van der Waals surface area (Å²) in [6.45, 7) is 11.4. The fraction of sp³-hybridized carbons (Fsp3) is 0.774. The Kier molecular flexibility index (Phi) is 10.6. The fourth-order valence-corrected chi connectivity index (χ4v) is 7.31. The Labute approximate surface area is 243 Å². The van der Waals surface area contributed by atoms with Gasteiger partial charge in [-0.3, -0.25) is 9.59 Å². The molecular weight excluding hydrogens is 528 g/mol. The van der Waals surface area contributed by atoms with Crippen LogP contribution in [0.1, 0.15) is 84.3 Å².